The van der Waals surface area contributed by atoms with E-state index in [0.29, 0.717) is 16.4 Å². The van der Waals surface area contributed by atoms with E-state index in [2.05, 4.69) is 20.1 Å². The molecular formula is C12H12N6O3S. The lowest BCUT2D eigenvalue weighted by atomic mass is 10.2. The highest BCUT2D eigenvalue weighted by molar-refractivity contribution is 8.15. The van der Waals surface area contributed by atoms with Gasteiger partial charge in [-0.1, -0.05) is 11.8 Å². The van der Waals surface area contributed by atoms with Crippen molar-refractivity contribution >= 4 is 34.4 Å². The number of aryl methyl sites for hydroxylation is 1. The number of primary amides is 1. The van der Waals surface area contributed by atoms with Crippen molar-refractivity contribution in [3.05, 3.63) is 23.8 Å². The minimum atomic E-state index is -1.04. The van der Waals surface area contributed by atoms with Crippen molar-refractivity contribution in [1.82, 2.24) is 15.0 Å². The summed E-state index contributed by atoms with van der Waals surface area (Å²) in [6.45, 7) is 1.45. The first-order chi connectivity index (χ1) is 10.5. The number of aliphatic imine (C=N–C) groups is 1. The molecular weight excluding hydrogens is 308 g/mol. The Balaban J connectivity index is 1.90. The third-order valence-corrected chi connectivity index (χ3v) is 4.45. The van der Waals surface area contributed by atoms with Gasteiger partial charge in [0.1, 0.15) is 28.8 Å². The van der Waals surface area contributed by atoms with E-state index in [1.807, 2.05) is 0 Å². The first kappa shape index (κ1) is 14.4. The molecule has 2 unspecified atom stereocenters. The predicted octanol–water partition coefficient (Wildman–Crippen LogP) is -0.785. The van der Waals surface area contributed by atoms with Gasteiger partial charge in [0.2, 0.25) is 0 Å². The normalized spacial score (nSPS) is 23.0. The topological polar surface area (TPSA) is 134 Å². The van der Waals surface area contributed by atoms with Crippen LogP contribution in [-0.2, 0) is 9.59 Å². The van der Waals surface area contributed by atoms with Gasteiger partial charge in [-0.2, -0.15) is 5.10 Å². The van der Waals surface area contributed by atoms with E-state index < -0.39 is 23.3 Å². The highest BCUT2D eigenvalue weighted by Crippen LogP contribution is 2.37. The Morgan fingerprint density at radius 3 is 2.68 bits per heavy atom. The molecule has 10 heteroatoms. The maximum absolute atomic E-state index is 11.5. The third kappa shape index (κ3) is 2.52. The second-order valence-corrected chi connectivity index (χ2v) is 5.85. The molecule has 3 N–H and O–H groups in total. The molecule has 0 saturated carbocycles. The van der Waals surface area contributed by atoms with Crippen LogP contribution in [0.1, 0.15) is 11.4 Å². The fraction of sp³-hybridized carbons (Fsp3) is 0.333. The number of hydrogen-bond acceptors (Lipinski definition) is 8. The molecule has 0 saturated heterocycles. The van der Waals surface area contributed by atoms with Crippen LogP contribution in [0, 0.1) is 6.92 Å². The van der Waals surface area contributed by atoms with Crippen LogP contribution >= 0.6 is 11.8 Å². The van der Waals surface area contributed by atoms with Crippen molar-refractivity contribution in [2.75, 3.05) is 6.54 Å². The molecule has 0 bridgehead atoms. The maximum Gasteiger partial charge on any atom is 0.324 e. The van der Waals surface area contributed by atoms with Crippen LogP contribution in [-0.4, -0.2) is 60.7 Å². The van der Waals surface area contributed by atoms with Crippen molar-refractivity contribution < 1.29 is 14.7 Å². The molecule has 9 nitrogen and oxygen atoms in total. The summed E-state index contributed by atoms with van der Waals surface area (Å²) in [5.74, 6) is -1.10. The molecule has 22 heavy (non-hydrogen) atoms. The van der Waals surface area contributed by atoms with Gasteiger partial charge >= 0.3 is 5.97 Å². The van der Waals surface area contributed by atoms with Gasteiger partial charge < -0.3 is 10.8 Å². The number of aliphatic carboxylic acids is 1. The average molecular weight is 320 g/mol. The molecule has 0 fully saturated rings. The largest absolute Gasteiger partial charge is 0.480 e. The Kier molecular flexibility index (Phi) is 3.53. The number of amides is 1. The number of thioether (sulfide) groups is 1. The second-order valence-electron chi connectivity index (χ2n) is 4.75. The van der Waals surface area contributed by atoms with Crippen LogP contribution in [0.3, 0.4) is 0 Å². The van der Waals surface area contributed by atoms with E-state index in [1.165, 1.54) is 16.8 Å². The van der Waals surface area contributed by atoms with E-state index in [-0.39, 0.29) is 12.3 Å². The zero-order valence-electron chi connectivity index (χ0n) is 11.5. The minimum Gasteiger partial charge on any atom is -0.480 e. The molecule has 114 valence electrons. The van der Waals surface area contributed by atoms with E-state index in [1.54, 1.807) is 19.3 Å². The highest BCUT2D eigenvalue weighted by atomic mass is 32.2. The number of hydrazone groups is 1. The average Bonchev–Trinajstić information content (AvgIpc) is 2.99. The van der Waals surface area contributed by atoms with Crippen LogP contribution in [0.25, 0.3) is 0 Å². The highest BCUT2D eigenvalue weighted by Gasteiger charge is 2.45. The minimum absolute atomic E-state index is 0.0711. The number of aromatic nitrogens is 2. The summed E-state index contributed by atoms with van der Waals surface area (Å²) >= 11 is 1.32. The summed E-state index contributed by atoms with van der Waals surface area (Å²) < 4.78 is 0. The van der Waals surface area contributed by atoms with Gasteiger partial charge in [0.25, 0.3) is 5.91 Å². The molecule has 0 aromatic carbocycles. The fourth-order valence-electron chi connectivity index (χ4n) is 2.18. The zero-order valence-corrected chi connectivity index (χ0v) is 12.3. The Hall–Kier alpha value is -2.49. The maximum atomic E-state index is 11.5. The SMILES string of the molecule is Cc1ncc(C2=NC3C(C(N)=O)=NN(CC(=O)O)C3S2)cn1. The van der Waals surface area contributed by atoms with Crippen LogP contribution in [0.5, 0.6) is 0 Å². The van der Waals surface area contributed by atoms with Gasteiger partial charge in [0.15, 0.2) is 5.71 Å². The van der Waals surface area contributed by atoms with Crippen LogP contribution in [0.4, 0.5) is 0 Å². The summed E-state index contributed by atoms with van der Waals surface area (Å²) in [6.07, 6.45) is 3.27. The number of nitrogens with zero attached hydrogens (tertiary/aromatic N) is 5. The van der Waals surface area contributed by atoms with Crippen LogP contribution in [0.15, 0.2) is 22.5 Å². The molecule has 0 aliphatic carbocycles. The van der Waals surface area contributed by atoms with Crippen molar-refractivity contribution in [2.24, 2.45) is 15.8 Å². The molecule has 2 atom stereocenters. The Bertz CT molecular complexity index is 701. The molecule has 1 aromatic rings. The first-order valence-corrected chi connectivity index (χ1v) is 7.24. The number of nitrogens with two attached hydrogens (primary N) is 1. The number of rotatable bonds is 4. The Labute approximate surface area is 129 Å². The summed E-state index contributed by atoms with van der Waals surface area (Å²) in [4.78, 5) is 35.0. The van der Waals surface area contributed by atoms with Crippen LogP contribution < -0.4 is 5.73 Å². The fourth-order valence-corrected chi connectivity index (χ4v) is 3.39. The lowest BCUT2D eigenvalue weighted by molar-refractivity contribution is -0.138. The van der Waals surface area contributed by atoms with Crippen molar-refractivity contribution in [1.29, 1.82) is 0 Å². The summed E-state index contributed by atoms with van der Waals surface area (Å²) in [6, 6.07) is -0.571. The Morgan fingerprint density at radius 1 is 1.41 bits per heavy atom. The van der Waals surface area contributed by atoms with Gasteiger partial charge in [-0.25, -0.2) is 9.97 Å². The first-order valence-electron chi connectivity index (χ1n) is 6.36. The smallest absolute Gasteiger partial charge is 0.324 e. The molecule has 1 aromatic heterocycles. The Morgan fingerprint density at radius 2 is 2.09 bits per heavy atom. The monoisotopic (exact) mass is 320 g/mol. The second kappa shape index (κ2) is 5.37. The molecule has 0 radical (unpaired) electrons. The molecule has 3 rings (SSSR count). The van der Waals surface area contributed by atoms with Crippen molar-refractivity contribution in [3.63, 3.8) is 0 Å². The van der Waals surface area contributed by atoms with Gasteiger partial charge in [-0.3, -0.25) is 19.6 Å². The van der Waals surface area contributed by atoms with Crippen LogP contribution in [0.2, 0.25) is 0 Å². The van der Waals surface area contributed by atoms with Gasteiger partial charge in [-0.05, 0) is 6.92 Å². The van der Waals surface area contributed by atoms with Gasteiger partial charge in [0, 0.05) is 18.0 Å². The number of carboxylic acids is 1. The summed E-state index contributed by atoms with van der Waals surface area (Å²) in [5.41, 5.74) is 6.09. The zero-order chi connectivity index (χ0) is 15.9. The molecule has 1 amide bonds. The molecule has 2 aliphatic rings. The number of carbonyl (C=O) groups excluding carboxylic acids is 1. The van der Waals surface area contributed by atoms with Crippen molar-refractivity contribution in [3.8, 4) is 0 Å². The summed E-state index contributed by atoms with van der Waals surface area (Å²) in [5, 5.41) is 14.5. The number of carboxylic acid groups (broad SMARTS) is 1. The lowest BCUT2D eigenvalue weighted by Crippen LogP contribution is -2.36. The number of fused-ring (bicyclic) bond motifs is 1. The van der Waals surface area contributed by atoms with E-state index in [4.69, 9.17) is 10.8 Å². The predicted molar refractivity (Wildman–Crippen MR) is 79.4 cm³/mol. The lowest BCUT2D eigenvalue weighted by Gasteiger charge is -2.19. The standard InChI is InChI=1S/C12H12N6O3S/c1-5-14-2-6(3-15-5)11-16-9-8(10(13)21)17-18(4-7(19)20)12(9)22-11/h2-3,9,12H,4H2,1H3,(H2,13,21)(H,19,20). The molecule has 2 aliphatic heterocycles. The number of carbonyl (C=O) groups is 2. The third-order valence-electron chi connectivity index (χ3n) is 3.15. The van der Waals surface area contributed by atoms with Gasteiger partial charge in [0.05, 0.1) is 0 Å². The van der Waals surface area contributed by atoms with Gasteiger partial charge in [-0.15, -0.1) is 0 Å². The van der Waals surface area contributed by atoms with Crippen molar-refractivity contribution in [2.45, 2.75) is 18.3 Å². The number of hydrogen-bond donors (Lipinski definition) is 2. The summed E-state index contributed by atoms with van der Waals surface area (Å²) in [7, 11) is 0. The molecule has 0 spiro atoms. The molecule has 3 heterocycles. The van der Waals surface area contributed by atoms with E-state index >= 15 is 0 Å². The van der Waals surface area contributed by atoms with E-state index in [9.17, 15) is 9.59 Å². The quantitative estimate of drug-likeness (QED) is 0.742. The van der Waals surface area contributed by atoms with E-state index in [0.717, 1.165) is 0 Å².